The van der Waals surface area contributed by atoms with Crippen molar-refractivity contribution in [3.8, 4) is 0 Å². The normalized spacial score (nSPS) is 17.1. The molecule has 0 aromatic carbocycles. The molecule has 1 aliphatic rings. The number of likely N-dealkylation sites (tertiary alicyclic amines) is 1. The molecule has 1 aliphatic heterocycles. The van der Waals surface area contributed by atoms with E-state index >= 15 is 0 Å². The maximum Gasteiger partial charge on any atom is 0.412 e. The Balaban J connectivity index is 2.54. The molecule has 0 aromatic heterocycles. The van der Waals surface area contributed by atoms with Crippen molar-refractivity contribution in [1.82, 2.24) is 15.5 Å². The average Bonchev–Trinajstić information content (AvgIpc) is 2.70. The zero-order valence-corrected chi connectivity index (χ0v) is 20.0. The van der Waals surface area contributed by atoms with Crippen molar-refractivity contribution in [1.29, 1.82) is 0 Å². The number of carbonyl (C=O) groups is 1. The molecule has 0 unspecified atom stereocenters. The van der Waals surface area contributed by atoms with Crippen LogP contribution in [0.4, 0.5) is 13.2 Å². The average molecular weight is 458 g/mol. The molecule has 0 spiro atoms. The molecule has 0 bridgehead atoms. The first-order chi connectivity index (χ1) is 14.7. The fraction of sp³-hybridized carbons (Fsp3) is 0.625. The molecule has 0 saturated carbocycles. The van der Waals surface area contributed by atoms with Crippen LogP contribution in [0.5, 0.6) is 0 Å². The summed E-state index contributed by atoms with van der Waals surface area (Å²) in [6.07, 6.45) is 0.0174. The van der Waals surface area contributed by atoms with Gasteiger partial charge in [0.05, 0.1) is 7.11 Å². The standard InChI is InChI=1S/C24H38F3N3O2/c1-17(24(25,26)27)14-21(15-18(2)32-7)19(3)29-16-20-8-11-30(12-9-20)13-10-28-22(31)23(4,5)6/h14-15,20,29H,2-3,8-13,16H2,1,4-7H3,(H,28,31)/b17-14+,21-15+. The number of nitrogens with zero attached hydrogens (tertiary/aromatic N) is 1. The minimum absolute atomic E-state index is 0.0462. The smallest absolute Gasteiger partial charge is 0.412 e. The molecule has 1 saturated heterocycles. The number of allylic oxidation sites excluding steroid dienone is 3. The largest absolute Gasteiger partial charge is 0.497 e. The summed E-state index contributed by atoms with van der Waals surface area (Å²) in [6, 6.07) is 0. The first-order valence-electron chi connectivity index (χ1n) is 10.9. The Morgan fingerprint density at radius 3 is 2.22 bits per heavy atom. The minimum Gasteiger partial charge on any atom is -0.497 e. The number of amides is 1. The van der Waals surface area contributed by atoms with E-state index in [1.54, 1.807) is 0 Å². The number of ether oxygens (including phenoxy) is 1. The third kappa shape index (κ3) is 9.94. The fourth-order valence-corrected chi connectivity index (χ4v) is 3.14. The number of alkyl halides is 3. The Morgan fingerprint density at radius 1 is 1.12 bits per heavy atom. The molecule has 0 atom stereocenters. The van der Waals surface area contributed by atoms with Crippen LogP contribution < -0.4 is 10.6 Å². The van der Waals surface area contributed by atoms with Crippen molar-refractivity contribution in [2.24, 2.45) is 11.3 Å². The SMILES string of the molecule is C=C(/C=C(\C=C(/C)C(F)(F)F)C(=C)NCC1CCN(CCNC(=O)C(C)(C)C)CC1)OC. The summed E-state index contributed by atoms with van der Waals surface area (Å²) >= 11 is 0. The summed E-state index contributed by atoms with van der Waals surface area (Å²) in [5.41, 5.74) is -0.419. The lowest BCUT2D eigenvalue weighted by atomic mass is 9.95. The van der Waals surface area contributed by atoms with Crippen LogP contribution in [0, 0.1) is 11.3 Å². The van der Waals surface area contributed by atoms with Gasteiger partial charge in [0.15, 0.2) is 0 Å². The Labute approximate surface area is 190 Å². The van der Waals surface area contributed by atoms with Crippen molar-refractivity contribution in [3.05, 3.63) is 47.9 Å². The van der Waals surface area contributed by atoms with Crippen molar-refractivity contribution >= 4 is 5.91 Å². The number of rotatable bonds is 10. The van der Waals surface area contributed by atoms with Gasteiger partial charge in [0.2, 0.25) is 5.91 Å². The highest BCUT2D eigenvalue weighted by Gasteiger charge is 2.30. The predicted octanol–water partition coefficient (Wildman–Crippen LogP) is 4.56. The summed E-state index contributed by atoms with van der Waals surface area (Å²) in [5, 5.41) is 6.15. The Hall–Kier alpha value is -2.22. The Kier molecular flexibility index (Phi) is 10.5. The van der Waals surface area contributed by atoms with Crippen molar-refractivity contribution < 1.29 is 22.7 Å². The molecular formula is C24H38F3N3O2. The number of hydrogen-bond donors (Lipinski definition) is 2. The van der Waals surface area contributed by atoms with E-state index in [1.165, 1.54) is 13.2 Å². The lowest BCUT2D eigenvalue weighted by molar-refractivity contribution is -0.128. The fourth-order valence-electron chi connectivity index (χ4n) is 3.14. The second kappa shape index (κ2) is 12.1. The molecule has 0 radical (unpaired) electrons. The second-order valence-electron chi connectivity index (χ2n) is 9.25. The maximum atomic E-state index is 13.0. The number of piperidine rings is 1. The highest BCUT2D eigenvalue weighted by atomic mass is 19.4. The molecule has 0 aromatic rings. The van der Waals surface area contributed by atoms with Gasteiger partial charge >= 0.3 is 6.18 Å². The van der Waals surface area contributed by atoms with Crippen LogP contribution in [0.2, 0.25) is 0 Å². The van der Waals surface area contributed by atoms with Crippen LogP contribution >= 0.6 is 0 Å². The zero-order valence-electron chi connectivity index (χ0n) is 20.0. The lowest BCUT2D eigenvalue weighted by Crippen LogP contribution is -2.43. The molecule has 1 fully saturated rings. The van der Waals surface area contributed by atoms with Gasteiger partial charge in [-0.15, -0.1) is 0 Å². The van der Waals surface area contributed by atoms with Gasteiger partial charge in [-0.3, -0.25) is 4.79 Å². The molecule has 32 heavy (non-hydrogen) atoms. The minimum atomic E-state index is -4.41. The van der Waals surface area contributed by atoms with Crippen molar-refractivity contribution in [2.75, 3.05) is 39.8 Å². The predicted molar refractivity (Wildman–Crippen MR) is 123 cm³/mol. The lowest BCUT2D eigenvalue weighted by Gasteiger charge is -2.32. The first kappa shape index (κ1) is 27.8. The van der Waals surface area contributed by atoms with Gasteiger partial charge in [-0.2, -0.15) is 13.2 Å². The van der Waals surface area contributed by atoms with E-state index in [9.17, 15) is 18.0 Å². The Morgan fingerprint density at radius 2 is 1.72 bits per heavy atom. The second-order valence-corrected chi connectivity index (χ2v) is 9.25. The highest BCUT2D eigenvalue weighted by molar-refractivity contribution is 5.81. The van der Waals surface area contributed by atoms with Crippen LogP contribution in [0.25, 0.3) is 0 Å². The molecule has 1 amide bonds. The van der Waals surface area contributed by atoms with Crippen LogP contribution in [0.15, 0.2) is 47.9 Å². The Bertz CT molecular complexity index is 726. The topological polar surface area (TPSA) is 53.6 Å². The summed E-state index contributed by atoms with van der Waals surface area (Å²) in [7, 11) is 1.41. The van der Waals surface area contributed by atoms with Gasteiger partial charge in [-0.05, 0) is 50.9 Å². The van der Waals surface area contributed by atoms with E-state index in [0.717, 1.165) is 45.5 Å². The van der Waals surface area contributed by atoms with Crippen LogP contribution in [0.3, 0.4) is 0 Å². The zero-order chi connectivity index (χ0) is 24.5. The van der Waals surface area contributed by atoms with Crippen LogP contribution in [-0.2, 0) is 9.53 Å². The number of hydrogen-bond acceptors (Lipinski definition) is 4. The third-order valence-electron chi connectivity index (χ3n) is 5.45. The van der Waals surface area contributed by atoms with Gasteiger partial charge in [0.25, 0.3) is 0 Å². The summed E-state index contributed by atoms with van der Waals surface area (Å²) < 4.78 is 43.9. The van der Waals surface area contributed by atoms with E-state index in [-0.39, 0.29) is 11.7 Å². The van der Waals surface area contributed by atoms with E-state index in [1.807, 2.05) is 20.8 Å². The molecule has 5 nitrogen and oxygen atoms in total. The molecule has 0 aliphatic carbocycles. The molecule has 1 rings (SSSR count). The molecule has 1 heterocycles. The summed E-state index contributed by atoms with van der Waals surface area (Å²) in [4.78, 5) is 14.3. The van der Waals surface area contributed by atoms with Crippen molar-refractivity contribution in [2.45, 2.75) is 46.7 Å². The molecule has 182 valence electrons. The summed E-state index contributed by atoms with van der Waals surface area (Å²) in [6.45, 7) is 18.2. The van der Waals surface area contributed by atoms with E-state index < -0.39 is 17.2 Å². The van der Waals surface area contributed by atoms with Gasteiger partial charge in [0.1, 0.15) is 5.76 Å². The van der Waals surface area contributed by atoms with Crippen LogP contribution in [-0.4, -0.2) is 56.8 Å². The van der Waals surface area contributed by atoms with E-state index in [4.69, 9.17) is 4.74 Å². The van der Waals surface area contributed by atoms with Crippen molar-refractivity contribution in [3.63, 3.8) is 0 Å². The van der Waals surface area contributed by atoms with Gasteiger partial charge in [0, 0.05) is 41.9 Å². The van der Waals surface area contributed by atoms with E-state index in [2.05, 4.69) is 28.7 Å². The number of methoxy groups -OCH3 is 1. The monoisotopic (exact) mass is 457 g/mol. The number of nitrogens with one attached hydrogen (secondary N) is 2. The molecule has 2 N–H and O–H groups in total. The number of halogens is 3. The van der Waals surface area contributed by atoms with Gasteiger partial charge in [-0.1, -0.05) is 33.9 Å². The molecule has 8 heteroatoms. The van der Waals surface area contributed by atoms with E-state index in [0.29, 0.717) is 30.3 Å². The van der Waals surface area contributed by atoms with Gasteiger partial charge < -0.3 is 20.3 Å². The maximum absolute atomic E-state index is 13.0. The highest BCUT2D eigenvalue weighted by Crippen LogP contribution is 2.27. The number of carbonyl (C=O) groups excluding carboxylic acids is 1. The first-order valence-corrected chi connectivity index (χ1v) is 10.9. The quantitative estimate of drug-likeness (QED) is 0.373. The molecular weight excluding hydrogens is 419 g/mol. The van der Waals surface area contributed by atoms with Gasteiger partial charge in [-0.25, -0.2) is 0 Å². The summed E-state index contributed by atoms with van der Waals surface area (Å²) in [5.74, 6) is 0.692. The third-order valence-corrected chi connectivity index (χ3v) is 5.45. The van der Waals surface area contributed by atoms with Crippen LogP contribution in [0.1, 0.15) is 40.5 Å².